The predicted octanol–water partition coefficient (Wildman–Crippen LogP) is 1.99. The van der Waals surface area contributed by atoms with Gasteiger partial charge in [-0.15, -0.1) is 0 Å². The summed E-state index contributed by atoms with van der Waals surface area (Å²) in [5.41, 5.74) is 0.673. The molecule has 31 heavy (non-hydrogen) atoms. The molecule has 1 fully saturated rings. The highest BCUT2D eigenvalue weighted by molar-refractivity contribution is 6.07. The van der Waals surface area contributed by atoms with Crippen LogP contribution in [0.3, 0.4) is 0 Å². The van der Waals surface area contributed by atoms with Crippen molar-refractivity contribution < 1.29 is 19.1 Å². The maximum Gasteiger partial charge on any atom is 0.325 e. The molecule has 9 heteroatoms. The van der Waals surface area contributed by atoms with E-state index in [0.717, 1.165) is 10.5 Å². The number of carbonyl (C=O) groups excluding carboxylic acids is 2. The molecule has 0 radical (unpaired) electrons. The molecule has 1 saturated heterocycles. The average molecular weight is 422 g/mol. The Morgan fingerprint density at radius 2 is 1.77 bits per heavy atom. The number of nitrogens with one attached hydrogen (secondary N) is 1. The minimum atomic E-state index is -1.29. The van der Waals surface area contributed by atoms with Gasteiger partial charge in [0.25, 0.3) is 11.5 Å². The standard InChI is InChI=1S/C22H22N4O5/c1-13-5-8-18-23-15(10-19(27)25(18)11-13)12-26-20(28)22(2,24-21(26)29)14-6-7-16(30-3)17(9-14)31-4/h5-11H,12H2,1-4H3,(H,24,29). The van der Waals surface area contributed by atoms with Gasteiger partial charge < -0.3 is 14.8 Å². The van der Waals surface area contributed by atoms with Gasteiger partial charge in [-0.05, 0) is 43.2 Å². The van der Waals surface area contributed by atoms with Crippen molar-refractivity contribution in [3.05, 3.63) is 69.8 Å². The van der Waals surface area contributed by atoms with E-state index in [4.69, 9.17) is 9.47 Å². The molecule has 0 saturated carbocycles. The number of methoxy groups -OCH3 is 2. The predicted molar refractivity (Wildman–Crippen MR) is 112 cm³/mol. The van der Waals surface area contributed by atoms with Crippen molar-refractivity contribution in [1.29, 1.82) is 0 Å². The minimum Gasteiger partial charge on any atom is -0.493 e. The largest absolute Gasteiger partial charge is 0.493 e. The average Bonchev–Trinajstić information content (AvgIpc) is 2.97. The fraction of sp³-hybridized carbons (Fsp3) is 0.273. The third kappa shape index (κ3) is 3.37. The van der Waals surface area contributed by atoms with E-state index in [-0.39, 0.29) is 12.1 Å². The Hall–Kier alpha value is -3.88. The van der Waals surface area contributed by atoms with Crippen LogP contribution in [-0.2, 0) is 16.9 Å². The first kappa shape index (κ1) is 20.4. The van der Waals surface area contributed by atoms with Gasteiger partial charge in [0.05, 0.1) is 26.5 Å². The first-order chi connectivity index (χ1) is 14.8. The quantitative estimate of drug-likeness (QED) is 0.631. The molecular formula is C22H22N4O5. The molecule has 1 aromatic carbocycles. The van der Waals surface area contributed by atoms with E-state index in [1.165, 1.54) is 24.7 Å². The van der Waals surface area contributed by atoms with Crippen molar-refractivity contribution in [2.75, 3.05) is 14.2 Å². The van der Waals surface area contributed by atoms with Gasteiger partial charge in [0.1, 0.15) is 11.2 Å². The lowest BCUT2D eigenvalue weighted by Gasteiger charge is -2.23. The topological polar surface area (TPSA) is 102 Å². The highest BCUT2D eigenvalue weighted by Gasteiger charge is 2.49. The first-order valence-electron chi connectivity index (χ1n) is 9.62. The molecule has 9 nitrogen and oxygen atoms in total. The van der Waals surface area contributed by atoms with Gasteiger partial charge in [0.2, 0.25) is 0 Å². The van der Waals surface area contributed by atoms with Crippen molar-refractivity contribution in [2.45, 2.75) is 25.9 Å². The summed E-state index contributed by atoms with van der Waals surface area (Å²) in [5, 5.41) is 2.74. The smallest absolute Gasteiger partial charge is 0.325 e. The molecule has 1 atom stereocenters. The van der Waals surface area contributed by atoms with Crippen LogP contribution < -0.4 is 20.3 Å². The normalized spacial score (nSPS) is 18.4. The molecule has 3 aromatic rings. The van der Waals surface area contributed by atoms with Crippen LogP contribution in [0, 0.1) is 6.92 Å². The number of hydrogen-bond donors (Lipinski definition) is 1. The second-order valence-electron chi connectivity index (χ2n) is 7.54. The summed E-state index contributed by atoms with van der Waals surface area (Å²) in [6.45, 7) is 3.38. The number of benzene rings is 1. The molecule has 1 N–H and O–H groups in total. The van der Waals surface area contributed by atoms with E-state index in [2.05, 4.69) is 10.3 Å². The molecule has 1 aliphatic rings. The summed E-state index contributed by atoms with van der Waals surface area (Å²) in [7, 11) is 3.01. The monoisotopic (exact) mass is 422 g/mol. The molecule has 2 aromatic heterocycles. The molecule has 1 unspecified atom stereocenters. The Labute approximate surface area is 178 Å². The van der Waals surface area contributed by atoms with Crippen LogP contribution in [0.2, 0.25) is 0 Å². The van der Waals surface area contributed by atoms with Crippen LogP contribution in [0.15, 0.2) is 47.4 Å². The van der Waals surface area contributed by atoms with E-state index >= 15 is 0 Å². The Morgan fingerprint density at radius 3 is 2.48 bits per heavy atom. The maximum atomic E-state index is 13.2. The van der Waals surface area contributed by atoms with Gasteiger partial charge in [-0.3, -0.25) is 18.9 Å². The molecular weight excluding hydrogens is 400 g/mol. The first-order valence-corrected chi connectivity index (χ1v) is 9.62. The molecule has 1 aliphatic heterocycles. The van der Waals surface area contributed by atoms with E-state index < -0.39 is 17.5 Å². The Bertz CT molecular complexity index is 1270. The minimum absolute atomic E-state index is 0.118. The third-order valence-electron chi connectivity index (χ3n) is 5.42. The molecule has 0 aliphatic carbocycles. The number of aromatic nitrogens is 2. The Balaban J connectivity index is 1.67. The molecule has 0 bridgehead atoms. The number of urea groups is 1. The van der Waals surface area contributed by atoms with Gasteiger partial charge in [0, 0.05) is 12.3 Å². The number of ether oxygens (including phenoxy) is 2. The molecule has 4 rings (SSSR count). The highest BCUT2D eigenvalue weighted by Crippen LogP contribution is 2.35. The number of rotatable bonds is 5. The van der Waals surface area contributed by atoms with Crippen molar-refractivity contribution in [1.82, 2.24) is 19.6 Å². The summed E-state index contributed by atoms with van der Waals surface area (Å²) >= 11 is 0. The van der Waals surface area contributed by atoms with E-state index in [0.29, 0.717) is 28.4 Å². The zero-order valence-corrected chi connectivity index (χ0v) is 17.6. The summed E-state index contributed by atoms with van der Waals surface area (Å²) in [6.07, 6.45) is 1.69. The van der Waals surface area contributed by atoms with Crippen molar-refractivity contribution in [2.24, 2.45) is 0 Å². The number of nitrogens with zero attached hydrogens (tertiary/aromatic N) is 3. The second-order valence-corrected chi connectivity index (χ2v) is 7.54. The van der Waals surface area contributed by atoms with Crippen LogP contribution in [0.25, 0.3) is 5.65 Å². The maximum absolute atomic E-state index is 13.2. The van der Waals surface area contributed by atoms with Gasteiger partial charge in [-0.25, -0.2) is 9.78 Å². The van der Waals surface area contributed by atoms with E-state index in [1.807, 2.05) is 13.0 Å². The van der Waals surface area contributed by atoms with E-state index in [1.54, 1.807) is 37.4 Å². The molecule has 0 spiro atoms. The zero-order chi connectivity index (χ0) is 22.3. The van der Waals surface area contributed by atoms with Crippen molar-refractivity contribution in [3.63, 3.8) is 0 Å². The number of pyridine rings is 1. The number of aryl methyl sites for hydroxylation is 1. The number of hydrogen-bond acceptors (Lipinski definition) is 6. The zero-order valence-electron chi connectivity index (χ0n) is 17.6. The lowest BCUT2D eigenvalue weighted by atomic mass is 9.91. The van der Waals surface area contributed by atoms with Crippen LogP contribution in [0.5, 0.6) is 11.5 Å². The summed E-state index contributed by atoms with van der Waals surface area (Å²) in [6, 6.07) is 9.37. The number of imide groups is 1. The van der Waals surface area contributed by atoms with Crippen LogP contribution in [0.1, 0.15) is 23.7 Å². The van der Waals surface area contributed by atoms with Crippen LogP contribution >= 0.6 is 0 Å². The lowest BCUT2D eigenvalue weighted by molar-refractivity contribution is -0.131. The molecule has 3 amide bonds. The third-order valence-corrected chi connectivity index (χ3v) is 5.42. The summed E-state index contributed by atoms with van der Waals surface area (Å²) < 4.78 is 12.0. The second kappa shape index (κ2) is 7.42. The van der Waals surface area contributed by atoms with Gasteiger partial charge >= 0.3 is 6.03 Å². The lowest BCUT2D eigenvalue weighted by Crippen LogP contribution is -2.40. The summed E-state index contributed by atoms with van der Waals surface area (Å²) in [4.78, 5) is 43.9. The Morgan fingerprint density at radius 1 is 1.03 bits per heavy atom. The van der Waals surface area contributed by atoms with Gasteiger partial charge in [-0.2, -0.15) is 0 Å². The van der Waals surface area contributed by atoms with Crippen LogP contribution in [-0.4, -0.2) is 40.4 Å². The Kier molecular flexibility index (Phi) is 4.88. The van der Waals surface area contributed by atoms with Crippen LogP contribution in [0.4, 0.5) is 4.79 Å². The van der Waals surface area contributed by atoms with Crippen molar-refractivity contribution in [3.8, 4) is 11.5 Å². The SMILES string of the molecule is COc1ccc(C2(C)NC(=O)N(Cc3cc(=O)n4cc(C)ccc4n3)C2=O)cc1OC. The molecule has 160 valence electrons. The van der Waals surface area contributed by atoms with Gasteiger partial charge in [0.15, 0.2) is 11.5 Å². The fourth-order valence-electron chi connectivity index (χ4n) is 3.68. The summed E-state index contributed by atoms with van der Waals surface area (Å²) in [5.74, 6) is 0.511. The van der Waals surface area contributed by atoms with Gasteiger partial charge in [-0.1, -0.05) is 12.1 Å². The number of carbonyl (C=O) groups is 2. The molecule has 3 heterocycles. The number of amides is 3. The van der Waals surface area contributed by atoms with E-state index in [9.17, 15) is 14.4 Å². The highest BCUT2D eigenvalue weighted by atomic mass is 16.5. The van der Waals surface area contributed by atoms with Crippen molar-refractivity contribution >= 4 is 17.6 Å². The fourth-order valence-corrected chi connectivity index (χ4v) is 3.68. The number of fused-ring (bicyclic) bond motifs is 1.